The van der Waals surface area contributed by atoms with Gasteiger partial charge in [0.25, 0.3) is 0 Å². The lowest BCUT2D eigenvalue weighted by Gasteiger charge is -2.31. The summed E-state index contributed by atoms with van der Waals surface area (Å²) in [5.74, 6) is 0. The quantitative estimate of drug-likeness (QED) is 0.883. The van der Waals surface area contributed by atoms with Crippen LogP contribution >= 0.6 is 12.2 Å². The lowest BCUT2D eigenvalue weighted by molar-refractivity contribution is 0.260. The highest BCUT2D eigenvalue weighted by molar-refractivity contribution is 7.80. The highest BCUT2D eigenvalue weighted by Gasteiger charge is 2.42. The molecular weight excluding hydrogens is 292 g/mol. The summed E-state index contributed by atoms with van der Waals surface area (Å²) in [7, 11) is 2.11. The number of pyridine rings is 1. The van der Waals surface area contributed by atoms with E-state index >= 15 is 0 Å². The molecule has 0 aromatic carbocycles. The molecule has 116 valence electrons. The highest BCUT2D eigenvalue weighted by Crippen LogP contribution is 2.39. The standard InChI is InChI=1S/C17H22N4S/c1-11(2)21-16(14-9-8-12(3)20(14)4)15(19-17(21)22)13-7-5-6-10-18-13/h5-11,15-16H,1-4H3,(H,19,22)/t15-,16+/m0/s1. The summed E-state index contributed by atoms with van der Waals surface area (Å²) in [4.78, 5) is 6.82. The molecule has 0 bridgehead atoms. The fourth-order valence-corrected chi connectivity index (χ4v) is 3.62. The third kappa shape index (κ3) is 2.39. The van der Waals surface area contributed by atoms with Gasteiger partial charge >= 0.3 is 0 Å². The van der Waals surface area contributed by atoms with E-state index in [1.807, 2.05) is 18.3 Å². The Balaban J connectivity index is 2.09. The Morgan fingerprint density at radius 2 is 2.00 bits per heavy atom. The zero-order chi connectivity index (χ0) is 15.9. The van der Waals surface area contributed by atoms with Gasteiger partial charge in [0.05, 0.1) is 17.8 Å². The van der Waals surface area contributed by atoms with Crippen LogP contribution in [0.4, 0.5) is 0 Å². The van der Waals surface area contributed by atoms with Crippen LogP contribution in [0.3, 0.4) is 0 Å². The van der Waals surface area contributed by atoms with Crippen molar-refractivity contribution >= 4 is 17.3 Å². The Labute approximate surface area is 137 Å². The summed E-state index contributed by atoms with van der Waals surface area (Å²) >= 11 is 5.60. The van der Waals surface area contributed by atoms with Gasteiger partial charge in [-0.25, -0.2) is 0 Å². The fraction of sp³-hybridized carbons (Fsp3) is 0.412. The molecular formula is C17H22N4S. The zero-order valence-electron chi connectivity index (χ0n) is 13.4. The third-order valence-electron chi connectivity index (χ3n) is 4.41. The van der Waals surface area contributed by atoms with Gasteiger partial charge in [-0.1, -0.05) is 6.07 Å². The first-order valence-corrected chi connectivity index (χ1v) is 8.03. The van der Waals surface area contributed by atoms with Gasteiger partial charge < -0.3 is 14.8 Å². The second kappa shape index (κ2) is 5.72. The number of rotatable bonds is 3. The van der Waals surface area contributed by atoms with Crippen molar-refractivity contribution in [3.63, 3.8) is 0 Å². The average Bonchev–Trinajstić information content (AvgIpc) is 3.01. The predicted octanol–water partition coefficient (Wildman–Crippen LogP) is 3.11. The zero-order valence-corrected chi connectivity index (χ0v) is 14.3. The number of hydrogen-bond acceptors (Lipinski definition) is 2. The molecule has 5 heteroatoms. The molecule has 1 saturated heterocycles. The molecule has 3 rings (SSSR count). The molecule has 0 aliphatic carbocycles. The van der Waals surface area contributed by atoms with E-state index in [1.165, 1.54) is 11.4 Å². The van der Waals surface area contributed by atoms with Crippen molar-refractivity contribution in [3.8, 4) is 0 Å². The first-order chi connectivity index (χ1) is 10.5. The van der Waals surface area contributed by atoms with Gasteiger partial charge in [-0.05, 0) is 57.3 Å². The van der Waals surface area contributed by atoms with Crippen LogP contribution in [-0.4, -0.2) is 25.6 Å². The van der Waals surface area contributed by atoms with Crippen molar-refractivity contribution in [2.45, 2.75) is 38.9 Å². The van der Waals surface area contributed by atoms with Gasteiger partial charge in [-0.3, -0.25) is 4.98 Å². The summed E-state index contributed by atoms with van der Waals surface area (Å²) < 4.78 is 2.24. The summed E-state index contributed by atoms with van der Waals surface area (Å²) in [6.07, 6.45) is 1.84. The van der Waals surface area contributed by atoms with Gasteiger partial charge in [0.15, 0.2) is 5.11 Å². The minimum Gasteiger partial charge on any atom is -0.352 e. The Morgan fingerprint density at radius 3 is 2.55 bits per heavy atom. The largest absolute Gasteiger partial charge is 0.352 e. The molecule has 0 saturated carbocycles. The van der Waals surface area contributed by atoms with Crippen LogP contribution in [0.5, 0.6) is 0 Å². The number of nitrogens with one attached hydrogen (secondary N) is 1. The van der Waals surface area contributed by atoms with E-state index in [2.05, 4.69) is 65.8 Å². The van der Waals surface area contributed by atoms with Crippen LogP contribution < -0.4 is 5.32 Å². The first-order valence-electron chi connectivity index (χ1n) is 7.62. The molecule has 3 heterocycles. The van der Waals surface area contributed by atoms with Crippen LogP contribution in [0.1, 0.15) is 43.0 Å². The SMILES string of the molecule is Cc1ccc([C@@H]2[C@H](c3ccccn3)NC(=S)N2C(C)C)n1C. The number of hydrogen-bond donors (Lipinski definition) is 1. The molecule has 22 heavy (non-hydrogen) atoms. The normalized spacial score (nSPS) is 21.5. The van der Waals surface area contributed by atoms with Gasteiger partial charge in [-0.2, -0.15) is 0 Å². The molecule has 0 amide bonds. The van der Waals surface area contributed by atoms with Crippen molar-refractivity contribution in [3.05, 3.63) is 53.6 Å². The summed E-state index contributed by atoms with van der Waals surface area (Å²) in [6.45, 7) is 6.48. The molecule has 2 atom stereocenters. The van der Waals surface area contributed by atoms with Crippen LogP contribution in [-0.2, 0) is 7.05 Å². The molecule has 0 spiro atoms. The van der Waals surface area contributed by atoms with E-state index in [0.29, 0.717) is 6.04 Å². The second-order valence-corrected chi connectivity index (χ2v) is 6.47. The molecule has 2 aromatic rings. The summed E-state index contributed by atoms with van der Waals surface area (Å²) in [5.41, 5.74) is 3.53. The van der Waals surface area contributed by atoms with Crippen molar-refractivity contribution < 1.29 is 0 Å². The molecule has 1 fully saturated rings. The average molecular weight is 314 g/mol. The number of aromatic nitrogens is 2. The third-order valence-corrected chi connectivity index (χ3v) is 4.74. The van der Waals surface area contributed by atoms with Crippen LogP contribution in [0.2, 0.25) is 0 Å². The second-order valence-electron chi connectivity index (χ2n) is 6.09. The Kier molecular flexibility index (Phi) is 3.91. The predicted molar refractivity (Wildman–Crippen MR) is 92.6 cm³/mol. The minimum atomic E-state index is 0.0732. The molecule has 4 nitrogen and oxygen atoms in total. The highest BCUT2D eigenvalue weighted by atomic mass is 32.1. The Hall–Kier alpha value is -1.88. The van der Waals surface area contributed by atoms with E-state index in [0.717, 1.165) is 10.8 Å². The van der Waals surface area contributed by atoms with Crippen molar-refractivity contribution in [2.24, 2.45) is 7.05 Å². The molecule has 1 aliphatic rings. The lowest BCUT2D eigenvalue weighted by Crippen LogP contribution is -2.36. The van der Waals surface area contributed by atoms with Crippen molar-refractivity contribution in [1.29, 1.82) is 0 Å². The molecule has 2 aromatic heterocycles. The molecule has 1 aliphatic heterocycles. The number of thiocarbonyl (C=S) groups is 1. The van der Waals surface area contributed by atoms with Crippen molar-refractivity contribution in [2.75, 3.05) is 0 Å². The van der Waals surface area contributed by atoms with E-state index in [4.69, 9.17) is 12.2 Å². The molecule has 1 N–H and O–H groups in total. The minimum absolute atomic E-state index is 0.0732. The smallest absolute Gasteiger partial charge is 0.170 e. The topological polar surface area (TPSA) is 33.1 Å². The van der Waals surface area contributed by atoms with Gasteiger partial charge in [0.2, 0.25) is 0 Å². The fourth-order valence-electron chi connectivity index (χ4n) is 3.17. The first kappa shape index (κ1) is 15.0. The monoisotopic (exact) mass is 314 g/mol. The van der Waals surface area contributed by atoms with E-state index in [9.17, 15) is 0 Å². The van der Waals surface area contributed by atoms with E-state index < -0.39 is 0 Å². The lowest BCUT2D eigenvalue weighted by atomic mass is 10.0. The summed E-state index contributed by atoms with van der Waals surface area (Å²) in [5, 5.41) is 4.27. The number of aryl methyl sites for hydroxylation is 1. The van der Waals surface area contributed by atoms with Gasteiger partial charge in [-0.15, -0.1) is 0 Å². The van der Waals surface area contributed by atoms with Crippen molar-refractivity contribution in [1.82, 2.24) is 19.8 Å². The van der Waals surface area contributed by atoms with Crippen LogP contribution in [0.15, 0.2) is 36.5 Å². The number of nitrogens with zero attached hydrogens (tertiary/aromatic N) is 3. The van der Waals surface area contributed by atoms with E-state index in [1.54, 1.807) is 0 Å². The van der Waals surface area contributed by atoms with E-state index in [-0.39, 0.29) is 12.1 Å². The maximum atomic E-state index is 5.60. The van der Waals surface area contributed by atoms with Crippen LogP contribution in [0, 0.1) is 6.92 Å². The van der Waals surface area contributed by atoms with Gasteiger partial charge in [0.1, 0.15) is 0 Å². The maximum absolute atomic E-state index is 5.60. The van der Waals surface area contributed by atoms with Gasteiger partial charge in [0, 0.05) is 30.7 Å². The Morgan fingerprint density at radius 1 is 1.23 bits per heavy atom. The maximum Gasteiger partial charge on any atom is 0.170 e. The molecule has 0 unspecified atom stereocenters. The molecule has 0 radical (unpaired) electrons. The summed E-state index contributed by atoms with van der Waals surface area (Å²) in [6, 6.07) is 10.9. The van der Waals surface area contributed by atoms with Crippen LogP contribution in [0.25, 0.3) is 0 Å². The Bertz CT molecular complexity index is 677.